The number of aliphatic hydroxyl groups is 5. The Morgan fingerprint density at radius 3 is 1.17 bits per heavy atom. The van der Waals surface area contributed by atoms with Gasteiger partial charge in [-0.1, -0.05) is 256 Å². The van der Waals surface area contributed by atoms with Crippen LogP contribution in [0.15, 0.2) is 24.3 Å². The van der Waals surface area contributed by atoms with Crippen molar-refractivity contribution in [2.75, 3.05) is 19.8 Å². The van der Waals surface area contributed by atoms with E-state index in [2.05, 4.69) is 38.2 Å². The average molecular weight is 1050 g/mol. The minimum atomic E-state index is -5.03. The number of allylic oxidation sites excluding steroid dienone is 4. The first-order chi connectivity index (χ1) is 35.0. The number of hydrogen-bond donors (Lipinski definition) is 6. The van der Waals surface area contributed by atoms with Gasteiger partial charge in [0.25, 0.3) is 0 Å². The number of carbonyl (C=O) groups is 1. The minimum absolute atomic E-state index is 0.0731. The zero-order valence-corrected chi connectivity index (χ0v) is 47.1. The summed E-state index contributed by atoms with van der Waals surface area (Å²) in [6.07, 6.45) is 48.2. The molecular formula is C59H113O12P. The van der Waals surface area contributed by atoms with Crippen LogP contribution in [0.1, 0.15) is 284 Å². The standard InChI is InChI=1S/C59H113O12P/c1-3-5-7-9-11-13-15-17-19-21-23-25-26-27-29-31-33-35-37-39-41-43-45-47-49-68-50-52(51-69-72(66,67)71-59-57(64)55(62)54(61)56(63)58(59)65)70-53(60)48-46-44-42-40-38-36-34-32-30-28-24-22-20-18-16-14-12-10-8-6-4-2/h16,18,22,24,52,54-59,61-65H,3-15,17,19-21,23,25-51H2,1-2H3,(H,66,67)/b18-16-,24-22-. The minimum Gasteiger partial charge on any atom is -0.457 e. The molecule has 6 unspecified atom stereocenters. The van der Waals surface area contributed by atoms with E-state index < -0.39 is 63.1 Å². The van der Waals surface area contributed by atoms with Crippen LogP contribution >= 0.6 is 7.82 Å². The predicted octanol–water partition coefficient (Wildman–Crippen LogP) is 14.8. The van der Waals surface area contributed by atoms with Crippen LogP contribution < -0.4 is 0 Å². The number of rotatable bonds is 53. The maximum absolute atomic E-state index is 12.9. The Kier molecular flexibility index (Phi) is 47.2. The average Bonchev–Trinajstić information content (AvgIpc) is 3.37. The number of esters is 1. The largest absolute Gasteiger partial charge is 0.472 e. The lowest BCUT2D eigenvalue weighted by atomic mass is 9.85. The van der Waals surface area contributed by atoms with Gasteiger partial charge >= 0.3 is 13.8 Å². The molecule has 0 bridgehead atoms. The first kappa shape index (κ1) is 68.8. The van der Waals surface area contributed by atoms with Crippen LogP contribution in [0.25, 0.3) is 0 Å². The zero-order chi connectivity index (χ0) is 52.6. The summed E-state index contributed by atoms with van der Waals surface area (Å²) in [4.78, 5) is 23.3. The zero-order valence-electron chi connectivity index (χ0n) is 46.3. The van der Waals surface area contributed by atoms with E-state index in [0.717, 1.165) is 51.4 Å². The van der Waals surface area contributed by atoms with Crippen molar-refractivity contribution in [3.05, 3.63) is 24.3 Å². The summed E-state index contributed by atoms with van der Waals surface area (Å²) in [7, 11) is -5.03. The SMILES string of the molecule is CCCCCCC/C=C\C/C=C\CCCCCCCCCCCC(=O)OC(COCCCCCCCCCCCCCCCCCCCCCCCCCC)COP(=O)(O)OC1C(O)C(O)C(O)C(O)C1O. The molecular weight excluding hydrogens is 932 g/mol. The van der Waals surface area contributed by atoms with Gasteiger partial charge in [0, 0.05) is 13.0 Å². The lowest BCUT2D eigenvalue weighted by Gasteiger charge is -2.41. The van der Waals surface area contributed by atoms with Crippen LogP contribution in [-0.2, 0) is 27.9 Å². The summed E-state index contributed by atoms with van der Waals surface area (Å²) in [6, 6.07) is 0. The van der Waals surface area contributed by atoms with E-state index in [1.807, 2.05) is 0 Å². The highest BCUT2D eigenvalue weighted by Crippen LogP contribution is 2.47. The summed E-state index contributed by atoms with van der Waals surface area (Å²) in [5.41, 5.74) is 0. The topological polar surface area (TPSA) is 192 Å². The number of hydrogen-bond acceptors (Lipinski definition) is 11. The Labute approximate surface area is 440 Å². The van der Waals surface area contributed by atoms with Crippen molar-refractivity contribution in [2.45, 2.75) is 326 Å². The Morgan fingerprint density at radius 1 is 0.444 bits per heavy atom. The van der Waals surface area contributed by atoms with E-state index in [1.54, 1.807) is 0 Å². The molecule has 1 aliphatic carbocycles. The van der Waals surface area contributed by atoms with E-state index in [4.69, 9.17) is 18.5 Å². The summed E-state index contributed by atoms with van der Waals surface area (Å²) >= 11 is 0. The monoisotopic (exact) mass is 1040 g/mol. The first-order valence-electron chi connectivity index (χ1n) is 30.2. The van der Waals surface area contributed by atoms with Gasteiger partial charge in [-0.15, -0.1) is 0 Å². The molecule has 0 spiro atoms. The highest BCUT2D eigenvalue weighted by atomic mass is 31.2. The maximum atomic E-state index is 12.9. The van der Waals surface area contributed by atoms with Crippen LogP contribution in [0.5, 0.6) is 0 Å². The predicted molar refractivity (Wildman–Crippen MR) is 295 cm³/mol. The molecule has 0 amide bonds. The molecule has 0 heterocycles. The molecule has 0 aliphatic heterocycles. The Bertz CT molecular complexity index is 1280. The van der Waals surface area contributed by atoms with Gasteiger partial charge in [-0.3, -0.25) is 13.8 Å². The highest BCUT2D eigenvalue weighted by Gasteiger charge is 2.51. The van der Waals surface area contributed by atoms with E-state index in [1.165, 1.54) is 205 Å². The Hall–Kier alpha value is -1.18. The lowest BCUT2D eigenvalue weighted by molar-refractivity contribution is -0.220. The van der Waals surface area contributed by atoms with E-state index >= 15 is 0 Å². The quantitative estimate of drug-likeness (QED) is 0.0146. The van der Waals surface area contributed by atoms with Crippen molar-refractivity contribution >= 4 is 13.8 Å². The molecule has 0 saturated heterocycles. The number of ether oxygens (including phenoxy) is 2. The molecule has 1 aliphatic rings. The molecule has 6 N–H and O–H groups in total. The van der Waals surface area contributed by atoms with Crippen molar-refractivity contribution in [3.63, 3.8) is 0 Å². The fourth-order valence-corrected chi connectivity index (χ4v) is 10.5. The van der Waals surface area contributed by atoms with Gasteiger partial charge in [-0.05, 0) is 44.9 Å². The van der Waals surface area contributed by atoms with Gasteiger partial charge in [0.2, 0.25) is 0 Å². The molecule has 1 saturated carbocycles. The third-order valence-corrected chi connectivity index (χ3v) is 15.3. The van der Waals surface area contributed by atoms with Crippen molar-refractivity contribution in [3.8, 4) is 0 Å². The summed E-state index contributed by atoms with van der Waals surface area (Å²) < 4.78 is 34.5. The molecule has 0 aromatic carbocycles. The Balaban J connectivity index is 2.25. The Morgan fingerprint density at radius 2 is 0.778 bits per heavy atom. The van der Waals surface area contributed by atoms with Crippen LogP contribution in [-0.4, -0.2) is 98.9 Å². The molecule has 0 radical (unpaired) electrons. The molecule has 0 aromatic rings. The van der Waals surface area contributed by atoms with Gasteiger partial charge in [-0.25, -0.2) is 4.57 Å². The molecule has 426 valence electrons. The van der Waals surface area contributed by atoms with Gasteiger partial charge in [0.1, 0.15) is 42.7 Å². The normalized spacial score (nSPS) is 20.7. The number of phosphoric ester groups is 1. The van der Waals surface area contributed by atoms with Gasteiger partial charge < -0.3 is 39.9 Å². The number of carbonyl (C=O) groups excluding carboxylic acids is 1. The van der Waals surface area contributed by atoms with Crippen molar-refractivity contribution in [1.82, 2.24) is 0 Å². The second kappa shape index (κ2) is 49.4. The van der Waals surface area contributed by atoms with Crippen molar-refractivity contribution < 1.29 is 58.3 Å². The lowest BCUT2D eigenvalue weighted by Crippen LogP contribution is -2.64. The van der Waals surface area contributed by atoms with Gasteiger partial charge in [0.05, 0.1) is 13.2 Å². The maximum Gasteiger partial charge on any atom is 0.472 e. The van der Waals surface area contributed by atoms with Crippen LogP contribution in [0.3, 0.4) is 0 Å². The fraction of sp³-hybridized carbons (Fsp3) is 0.915. The van der Waals surface area contributed by atoms with Gasteiger partial charge in [0.15, 0.2) is 0 Å². The number of phosphoric acid groups is 1. The molecule has 6 atom stereocenters. The first-order valence-corrected chi connectivity index (χ1v) is 31.7. The molecule has 1 fully saturated rings. The second-order valence-electron chi connectivity index (χ2n) is 21.2. The molecule has 12 nitrogen and oxygen atoms in total. The van der Waals surface area contributed by atoms with Crippen LogP contribution in [0.4, 0.5) is 0 Å². The van der Waals surface area contributed by atoms with E-state index in [9.17, 15) is 39.8 Å². The summed E-state index contributed by atoms with van der Waals surface area (Å²) in [5.74, 6) is -0.475. The summed E-state index contributed by atoms with van der Waals surface area (Å²) in [6.45, 7) is 4.31. The molecule has 0 aromatic heterocycles. The smallest absolute Gasteiger partial charge is 0.457 e. The number of aliphatic hydroxyl groups excluding tert-OH is 5. The molecule has 13 heteroatoms. The number of unbranched alkanes of at least 4 members (excludes halogenated alkanes) is 37. The highest BCUT2D eigenvalue weighted by molar-refractivity contribution is 7.47. The van der Waals surface area contributed by atoms with Crippen molar-refractivity contribution in [2.24, 2.45) is 0 Å². The molecule has 72 heavy (non-hydrogen) atoms. The fourth-order valence-electron chi connectivity index (χ4n) is 9.57. The van der Waals surface area contributed by atoms with Gasteiger partial charge in [-0.2, -0.15) is 0 Å². The molecule has 1 rings (SSSR count). The summed E-state index contributed by atoms with van der Waals surface area (Å²) in [5, 5.41) is 50.5. The van der Waals surface area contributed by atoms with Crippen LogP contribution in [0.2, 0.25) is 0 Å². The van der Waals surface area contributed by atoms with E-state index in [0.29, 0.717) is 13.0 Å². The second-order valence-corrected chi connectivity index (χ2v) is 22.6. The van der Waals surface area contributed by atoms with Crippen molar-refractivity contribution in [1.29, 1.82) is 0 Å². The van der Waals surface area contributed by atoms with Crippen LogP contribution in [0, 0.1) is 0 Å². The third kappa shape index (κ3) is 40.1. The van der Waals surface area contributed by atoms with E-state index in [-0.39, 0.29) is 13.0 Å². The third-order valence-electron chi connectivity index (χ3n) is 14.3.